The van der Waals surface area contributed by atoms with Crippen molar-refractivity contribution in [3.05, 3.63) is 34.6 Å². The van der Waals surface area contributed by atoms with Crippen molar-refractivity contribution in [1.82, 2.24) is 0 Å². The molecule has 0 aromatic heterocycles. The highest BCUT2D eigenvalue weighted by Crippen LogP contribution is 2.28. The molecule has 1 fully saturated rings. The van der Waals surface area contributed by atoms with E-state index in [1.54, 1.807) is 0 Å². The summed E-state index contributed by atoms with van der Waals surface area (Å²) in [4.78, 5) is 12.1. The third kappa shape index (κ3) is 2.85. The number of aliphatic hydroxyl groups is 1. The van der Waals surface area contributed by atoms with Crippen LogP contribution in [0.1, 0.15) is 36.0 Å². The summed E-state index contributed by atoms with van der Waals surface area (Å²) in [5, 5.41) is 9.74. The van der Waals surface area contributed by atoms with Crippen LogP contribution in [-0.4, -0.2) is 17.0 Å². The van der Waals surface area contributed by atoms with Crippen molar-refractivity contribution >= 4 is 17.4 Å². The molecule has 0 spiro atoms. The van der Waals surface area contributed by atoms with E-state index in [1.165, 1.54) is 18.2 Å². The number of rotatable bonds is 2. The molecule has 0 bridgehead atoms. The average molecular weight is 257 g/mol. The van der Waals surface area contributed by atoms with Gasteiger partial charge in [0.1, 0.15) is 5.82 Å². The Morgan fingerprint density at radius 1 is 1.29 bits per heavy atom. The largest absolute Gasteiger partial charge is 0.393 e. The lowest BCUT2D eigenvalue weighted by atomic mass is 9.82. The summed E-state index contributed by atoms with van der Waals surface area (Å²) in [6.45, 7) is 0. The van der Waals surface area contributed by atoms with E-state index >= 15 is 0 Å². The standard InChI is InChI=1S/C13H14ClFO2/c14-9-3-6-12(15)11(7-9)13(17)8-1-4-10(16)5-2-8/h3,6-8,10,16H,1-2,4-5H2. The highest BCUT2D eigenvalue weighted by atomic mass is 35.5. The number of hydrogen-bond acceptors (Lipinski definition) is 2. The minimum absolute atomic E-state index is 0.0684. The molecule has 1 N–H and O–H groups in total. The monoisotopic (exact) mass is 256 g/mol. The van der Waals surface area contributed by atoms with Crippen LogP contribution in [0.25, 0.3) is 0 Å². The van der Waals surface area contributed by atoms with E-state index in [2.05, 4.69) is 0 Å². The fourth-order valence-corrected chi connectivity index (χ4v) is 2.42. The molecule has 0 radical (unpaired) electrons. The molecule has 92 valence electrons. The molecule has 0 aliphatic heterocycles. The van der Waals surface area contributed by atoms with Crippen LogP contribution in [0, 0.1) is 11.7 Å². The van der Waals surface area contributed by atoms with Gasteiger partial charge in [0.25, 0.3) is 0 Å². The zero-order chi connectivity index (χ0) is 12.4. The lowest BCUT2D eigenvalue weighted by Crippen LogP contribution is -2.24. The Hall–Kier alpha value is -0.930. The second-order valence-electron chi connectivity index (χ2n) is 4.49. The number of Topliss-reactive ketones (excluding diaryl/α,β-unsaturated/α-hetero) is 1. The molecular formula is C13H14ClFO2. The van der Waals surface area contributed by atoms with E-state index in [0.29, 0.717) is 30.7 Å². The predicted octanol–water partition coefficient (Wildman–Crippen LogP) is 3.21. The number of ketones is 1. The van der Waals surface area contributed by atoms with E-state index in [9.17, 15) is 14.3 Å². The zero-order valence-corrected chi connectivity index (χ0v) is 10.1. The summed E-state index contributed by atoms with van der Waals surface area (Å²) in [5.41, 5.74) is 0.0684. The topological polar surface area (TPSA) is 37.3 Å². The lowest BCUT2D eigenvalue weighted by molar-refractivity contribution is 0.0761. The number of aliphatic hydroxyl groups excluding tert-OH is 1. The van der Waals surface area contributed by atoms with Gasteiger partial charge in [0.15, 0.2) is 5.78 Å². The number of benzene rings is 1. The van der Waals surface area contributed by atoms with Crippen LogP contribution in [-0.2, 0) is 0 Å². The van der Waals surface area contributed by atoms with Crippen LogP contribution >= 0.6 is 11.6 Å². The van der Waals surface area contributed by atoms with Crippen molar-refractivity contribution in [3.8, 4) is 0 Å². The second kappa shape index (κ2) is 5.15. The van der Waals surface area contributed by atoms with Crippen LogP contribution in [0.5, 0.6) is 0 Å². The summed E-state index contributed by atoms with van der Waals surface area (Å²) in [5.74, 6) is -0.909. The second-order valence-corrected chi connectivity index (χ2v) is 4.93. The van der Waals surface area contributed by atoms with Crippen molar-refractivity contribution in [2.45, 2.75) is 31.8 Å². The predicted molar refractivity (Wildman–Crippen MR) is 63.7 cm³/mol. The maximum absolute atomic E-state index is 13.5. The highest BCUT2D eigenvalue weighted by Gasteiger charge is 2.27. The number of hydrogen-bond donors (Lipinski definition) is 1. The van der Waals surface area contributed by atoms with Crippen LogP contribution in [0.2, 0.25) is 5.02 Å². The summed E-state index contributed by atoms with van der Waals surface area (Å²) in [6, 6.07) is 4.02. The smallest absolute Gasteiger partial charge is 0.168 e. The van der Waals surface area contributed by atoms with Gasteiger partial charge in [-0.15, -0.1) is 0 Å². The molecule has 1 saturated carbocycles. The van der Waals surface area contributed by atoms with Crippen LogP contribution in [0.15, 0.2) is 18.2 Å². The van der Waals surface area contributed by atoms with E-state index in [-0.39, 0.29) is 23.4 Å². The Balaban J connectivity index is 2.16. The van der Waals surface area contributed by atoms with E-state index < -0.39 is 5.82 Å². The van der Waals surface area contributed by atoms with Gasteiger partial charge in [0.2, 0.25) is 0 Å². The van der Waals surface area contributed by atoms with Gasteiger partial charge >= 0.3 is 0 Å². The molecule has 2 nitrogen and oxygen atoms in total. The van der Waals surface area contributed by atoms with Gasteiger partial charge in [0, 0.05) is 10.9 Å². The van der Waals surface area contributed by atoms with Gasteiger partial charge in [-0.05, 0) is 43.9 Å². The molecular weight excluding hydrogens is 243 g/mol. The maximum atomic E-state index is 13.5. The minimum Gasteiger partial charge on any atom is -0.393 e. The van der Waals surface area contributed by atoms with Crippen molar-refractivity contribution in [3.63, 3.8) is 0 Å². The summed E-state index contributed by atoms with van der Waals surface area (Å²) < 4.78 is 13.5. The molecule has 0 unspecified atom stereocenters. The van der Waals surface area contributed by atoms with Gasteiger partial charge in [0.05, 0.1) is 11.7 Å². The van der Waals surface area contributed by atoms with E-state index in [4.69, 9.17) is 11.6 Å². The van der Waals surface area contributed by atoms with Crippen molar-refractivity contribution < 1.29 is 14.3 Å². The first-order chi connectivity index (χ1) is 8.08. The SMILES string of the molecule is O=C(c1cc(Cl)ccc1F)C1CCC(O)CC1. The molecule has 2 rings (SSSR count). The molecule has 0 heterocycles. The normalized spacial score (nSPS) is 24.6. The molecule has 0 atom stereocenters. The van der Waals surface area contributed by atoms with Gasteiger partial charge in [-0.1, -0.05) is 11.6 Å². The zero-order valence-electron chi connectivity index (χ0n) is 9.33. The Kier molecular flexibility index (Phi) is 3.79. The Morgan fingerprint density at radius 2 is 1.94 bits per heavy atom. The van der Waals surface area contributed by atoms with Crippen LogP contribution in [0.4, 0.5) is 4.39 Å². The number of carbonyl (C=O) groups excluding carboxylic acids is 1. The molecule has 0 saturated heterocycles. The molecule has 1 aliphatic carbocycles. The third-order valence-electron chi connectivity index (χ3n) is 3.26. The lowest BCUT2D eigenvalue weighted by Gasteiger charge is -2.24. The van der Waals surface area contributed by atoms with Crippen molar-refractivity contribution in [2.24, 2.45) is 5.92 Å². The summed E-state index contributed by atoms with van der Waals surface area (Å²) >= 11 is 5.76. The van der Waals surface area contributed by atoms with Crippen molar-refractivity contribution in [2.75, 3.05) is 0 Å². The molecule has 1 aromatic carbocycles. The van der Waals surface area contributed by atoms with Gasteiger partial charge < -0.3 is 5.11 Å². The number of carbonyl (C=O) groups is 1. The number of halogens is 2. The van der Waals surface area contributed by atoms with Gasteiger partial charge in [-0.3, -0.25) is 4.79 Å². The first-order valence-corrected chi connectivity index (χ1v) is 6.13. The molecule has 17 heavy (non-hydrogen) atoms. The Bertz CT molecular complexity index is 425. The summed E-state index contributed by atoms with van der Waals surface area (Å²) in [7, 11) is 0. The van der Waals surface area contributed by atoms with Gasteiger partial charge in [-0.2, -0.15) is 0 Å². The maximum Gasteiger partial charge on any atom is 0.168 e. The van der Waals surface area contributed by atoms with E-state index in [1.807, 2.05) is 0 Å². The first-order valence-electron chi connectivity index (χ1n) is 5.75. The minimum atomic E-state index is -0.523. The van der Waals surface area contributed by atoms with Crippen LogP contribution in [0.3, 0.4) is 0 Å². The first kappa shape index (κ1) is 12.5. The van der Waals surface area contributed by atoms with Crippen LogP contribution < -0.4 is 0 Å². The fraction of sp³-hybridized carbons (Fsp3) is 0.462. The highest BCUT2D eigenvalue weighted by molar-refractivity contribution is 6.31. The van der Waals surface area contributed by atoms with Gasteiger partial charge in [-0.25, -0.2) is 4.39 Å². The Labute approximate surface area is 104 Å². The van der Waals surface area contributed by atoms with Crippen molar-refractivity contribution in [1.29, 1.82) is 0 Å². The third-order valence-corrected chi connectivity index (χ3v) is 3.50. The fourth-order valence-electron chi connectivity index (χ4n) is 2.24. The Morgan fingerprint density at radius 3 is 2.59 bits per heavy atom. The summed E-state index contributed by atoms with van der Waals surface area (Å²) in [6.07, 6.45) is 2.14. The molecule has 1 aromatic rings. The molecule has 4 heteroatoms. The van der Waals surface area contributed by atoms with E-state index in [0.717, 1.165) is 0 Å². The molecule has 0 amide bonds. The average Bonchev–Trinajstić information content (AvgIpc) is 2.32. The quantitative estimate of drug-likeness (QED) is 0.825. The molecule has 1 aliphatic rings.